The van der Waals surface area contributed by atoms with Crippen LogP contribution in [-0.2, 0) is 16.0 Å². The van der Waals surface area contributed by atoms with Crippen LogP contribution in [0.25, 0.3) is 0 Å². The van der Waals surface area contributed by atoms with Crippen LogP contribution in [0.1, 0.15) is 49.8 Å². The summed E-state index contributed by atoms with van der Waals surface area (Å²) in [5.41, 5.74) is -0.734. The van der Waals surface area contributed by atoms with Gasteiger partial charge in [-0.05, 0) is 37.1 Å². The molecule has 1 amide bonds. The molecule has 2 rings (SSSR count). The molecule has 0 saturated heterocycles. The molecular weight excluding hydrogens is 286 g/mol. The van der Waals surface area contributed by atoms with Crippen molar-refractivity contribution in [3.8, 4) is 0 Å². The summed E-state index contributed by atoms with van der Waals surface area (Å²) in [6.07, 6.45) is 6.54. The van der Waals surface area contributed by atoms with Crippen LogP contribution < -0.4 is 5.32 Å². The highest BCUT2D eigenvalue weighted by atomic mass is 32.1. The van der Waals surface area contributed by atoms with Gasteiger partial charge in [-0.25, -0.2) is 0 Å². The summed E-state index contributed by atoms with van der Waals surface area (Å²) in [5, 5.41) is 14.3. The van der Waals surface area contributed by atoms with Crippen LogP contribution in [0.5, 0.6) is 0 Å². The molecule has 2 N–H and O–H groups in total. The number of hydrogen-bond donors (Lipinski definition) is 2. The molecule has 0 spiro atoms. The van der Waals surface area contributed by atoms with Crippen molar-refractivity contribution in [2.45, 2.75) is 51.4 Å². The van der Waals surface area contributed by atoms with Gasteiger partial charge >= 0.3 is 5.97 Å². The van der Waals surface area contributed by atoms with Crippen molar-refractivity contribution < 1.29 is 14.7 Å². The van der Waals surface area contributed by atoms with Gasteiger partial charge in [0.15, 0.2) is 0 Å². The van der Waals surface area contributed by atoms with Crippen molar-refractivity contribution in [2.24, 2.45) is 5.41 Å². The van der Waals surface area contributed by atoms with Gasteiger partial charge in [-0.1, -0.05) is 25.3 Å². The highest BCUT2D eigenvalue weighted by molar-refractivity contribution is 7.09. The van der Waals surface area contributed by atoms with E-state index in [2.05, 4.69) is 11.4 Å². The molecule has 1 aromatic heterocycles. The van der Waals surface area contributed by atoms with Gasteiger partial charge in [0.05, 0.1) is 5.41 Å². The number of carboxylic acids is 1. The lowest BCUT2D eigenvalue weighted by molar-refractivity contribution is -0.151. The van der Waals surface area contributed by atoms with E-state index >= 15 is 0 Å². The molecule has 1 heterocycles. The van der Waals surface area contributed by atoms with E-state index in [9.17, 15) is 14.7 Å². The van der Waals surface area contributed by atoms with E-state index in [0.717, 1.165) is 32.1 Å². The number of aliphatic carboxylic acids is 1. The lowest BCUT2D eigenvalue weighted by Gasteiger charge is -2.33. The van der Waals surface area contributed by atoms with E-state index in [-0.39, 0.29) is 12.5 Å². The van der Waals surface area contributed by atoms with E-state index < -0.39 is 11.4 Å². The summed E-state index contributed by atoms with van der Waals surface area (Å²) >= 11 is 1.70. The summed E-state index contributed by atoms with van der Waals surface area (Å²) in [6.45, 7) is 0.278. The first kappa shape index (κ1) is 16.0. The maximum absolute atomic E-state index is 11.9. The van der Waals surface area contributed by atoms with Crippen LogP contribution >= 0.6 is 11.3 Å². The zero-order valence-electron chi connectivity index (χ0n) is 12.3. The van der Waals surface area contributed by atoms with Crippen molar-refractivity contribution >= 4 is 23.2 Å². The average molecular weight is 309 g/mol. The minimum atomic E-state index is -0.763. The van der Waals surface area contributed by atoms with Crippen molar-refractivity contribution in [1.82, 2.24) is 5.32 Å². The minimum absolute atomic E-state index is 0.0299. The Morgan fingerprint density at radius 3 is 2.67 bits per heavy atom. The molecule has 116 valence electrons. The monoisotopic (exact) mass is 309 g/mol. The zero-order valence-corrected chi connectivity index (χ0v) is 13.1. The summed E-state index contributed by atoms with van der Waals surface area (Å²) in [6, 6.07) is 4.09. The molecule has 21 heavy (non-hydrogen) atoms. The zero-order chi connectivity index (χ0) is 15.1. The number of aryl methyl sites for hydroxylation is 1. The Labute approximate surface area is 129 Å². The number of hydrogen-bond acceptors (Lipinski definition) is 3. The third kappa shape index (κ3) is 4.56. The van der Waals surface area contributed by atoms with Crippen LogP contribution in [0, 0.1) is 5.41 Å². The van der Waals surface area contributed by atoms with E-state index in [0.29, 0.717) is 19.3 Å². The molecule has 0 unspecified atom stereocenters. The number of carbonyl (C=O) groups is 2. The SMILES string of the molecule is O=C(CCCc1cccs1)NCC1(C(=O)O)CCCCC1. The van der Waals surface area contributed by atoms with Crippen LogP contribution in [0.2, 0.25) is 0 Å². The van der Waals surface area contributed by atoms with Crippen LogP contribution in [0.15, 0.2) is 17.5 Å². The fraction of sp³-hybridized carbons (Fsp3) is 0.625. The highest BCUT2D eigenvalue weighted by Crippen LogP contribution is 2.36. The second kappa shape index (κ2) is 7.59. The Balaban J connectivity index is 1.72. The molecule has 1 aliphatic carbocycles. The van der Waals surface area contributed by atoms with Gasteiger partial charge in [0.1, 0.15) is 0 Å². The van der Waals surface area contributed by atoms with Crippen molar-refractivity contribution in [3.05, 3.63) is 22.4 Å². The van der Waals surface area contributed by atoms with Crippen molar-refractivity contribution in [1.29, 1.82) is 0 Å². The first-order chi connectivity index (χ1) is 10.1. The average Bonchev–Trinajstić information content (AvgIpc) is 2.99. The Hall–Kier alpha value is -1.36. The maximum Gasteiger partial charge on any atom is 0.311 e. The molecule has 1 aliphatic rings. The number of thiophene rings is 1. The van der Waals surface area contributed by atoms with Gasteiger partial charge in [-0.2, -0.15) is 0 Å². The van der Waals surface area contributed by atoms with E-state index in [1.165, 1.54) is 4.88 Å². The molecule has 1 fully saturated rings. The summed E-state index contributed by atoms with van der Waals surface area (Å²) < 4.78 is 0. The molecular formula is C16H23NO3S. The predicted molar refractivity (Wildman–Crippen MR) is 83.4 cm³/mol. The Morgan fingerprint density at radius 2 is 2.05 bits per heavy atom. The number of amides is 1. The standard InChI is InChI=1S/C16H23NO3S/c18-14(8-4-6-13-7-5-11-21-13)17-12-16(15(19)20)9-2-1-3-10-16/h5,7,11H,1-4,6,8-10,12H2,(H,17,18)(H,19,20). The predicted octanol–water partition coefficient (Wildman–Crippen LogP) is 3.22. The van der Waals surface area contributed by atoms with Crippen molar-refractivity contribution in [3.63, 3.8) is 0 Å². The summed E-state index contributed by atoms with van der Waals surface area (Å²) in [4.78, 5) is 24.7. The van der Waals surface area contributed by atoms with E-state index in [1.54, 1.807) is 11.3 Å². The first-order valence-corrected chi connectivity index (χ1v) is 8.53. The summed E-state index contributed by atoms with van der Waals surface area (Å²) in [5.74, 6) is -0.793. The fourth-order valence-corrected chi connectivity index (χ4v) is 3.68. The topological polar surface area (TPSA) is 66.4 Å². The third-order valence-corrected chi connectivity index (χ3v) is 5.23. The maximum atomic E-state index is 11.9. The van der Waals surface area contributed by atoms with E-state index in [1.807, 2.05) is 11.4 Å². The van der Waals surface area contributed by atoms with Crippen LogP contribution in [0.4, 0.5) is 0 Å². The molecule has 5 heteroatoms. The fourth-order valence-electron chi connectivity index (χ4n) is 2.93. The Bertz CT molecular complexity index is 464. The third-order valence-electron chi connectivity index (χ3n) is 4.30. The number of rotatable bonds is 7. The lowest BCUT2D eigenvalue weighted by Crippen LogP contribution is -2.44. The van der Waals surface area contributed by atoms with Gasteiger partial charge < -0.3 is 10.4 Å². The highest BCUT2D eigenvalue weighted by Gasteiger charge is 2.39. The minimum Gasteiger partial charge on any atom is -0.481 e. The smallest absolute Gasteiger partial charge is 0.311 e. The van der Waals surface area contributed by atoms with Gasteiger partial charge in [-0.15, -0.1) is 11.3 Å². The second-order valence-electron chi connectivity index (χ2n) is 5.86. The Kier molecular flexibility index (Phi) is 5.79. The molecule has 0 radical (unpaired) electrons. The molecule has 1 aromatic rings. The number of carboxylic acid groups (broad SMARTS) is 1. The van der Waals surface area contributed by atoms with Gasteiger partial charge in [0, 0.05) is 17.8 Å². The Morgan fingerprint density at radius 1 is 1.29 bits per heavy atom. The molecule has 0 atom stereocenters. The normalized spacial score (nSPS) is 17.3. The van der Waals surface area contributed by atoms with Crippen molar-refractivity contribution in [2.75, 3.05) is 6.54 Å². The van der Waals surface area contributed by atoms with Gasteiger partial charge in [0.25, 0.3) is 0 Å². The quantitative estimate of drug-likeness (QED) is 0.812. The van der Waals surface area contributed by atoms with E-state index in [4.69, 9.17) is 0 Å². The molecule has 0 bridgehead atoms. The van der Waals surface area contributed by atoms with Crippen LogP contribution in [0.3, 0.4) is 0 Å². The summed E-state index contributed by atoms with van der Waals surface area (Å²) in [7, 11) is 0. The molecule has 4 nitrogen and oxygen atoms in total. The largest absolute Gasteiger partial charge is 0.481 e. The second-order valence-corrected chi connectivity index (χ2v) is 6.89. The van der Waals surface area contributed by atoms with Gasteiger partial charge in [0.2, 0.25) is 5.91 Å². The molecule has 0 aromatic carbocycles. The van der Waals surface area contributed by atoms with Crippen LogP contribution in [-0.4, -0.2) is 23.5 Å². The number of nitrogens with one attached hydrogen (secondary N) is 1. The molecule has 1 saturated carbocycles. The number of carbonyl (C=O) groups excluding carboxylic acids is 1. The first-order valence-electron chi connectivity index (χ1n) is 7.65. The lowest BCUT2D eigenvalue weighted by atomic mass is 9.74. The molecule has 0 aliphatic heterocycles. The van der Waals surface area contributed by atoms with Gasteiger partial charge in [-0.3, -0.25) is 9.59 Å².